The number of phenolic OH excluding ortho intramolecular Hbond substituents is 1. The maximum atomic E-state index is 10.7. The highest BCUT2D eigenvalue weighted by Gasteiger charge is 2.59. The van der Waals surface area contributed by atoms with Gasteiger partial charge in [-0.15, -0.1) is 0 Å². The lowest BCUT2D eigenvalue weighted by Crippen LogP contribution is -2.20. The number of hydrogen-bond donors (Lipinski definition) is 2. The predicted octanol–water partition coefficient (Wildman–Crippen LogP) is 0.591. The topological polar surface area (TPSA) is 82.6 Å². The maximum Gasteiger partial charge on any atom is 0.375 e. The SMILES string of the molecule is O=C(O)C1(c2ccc(O)cc2)OO1. The lowest BCUT2D eigenvalue weighted by molar-refractivity contribution is -0.144. The highest BCUT2D eigenvalue weighted by molar-refractivity contribution is 5.79. The number of carboxylic acid groups (broad SMARTS) is 1. The van der Waals surface area contributed by atoms with Gasteiger partial charge in [-0.2, -0.15) is 9.78 Å². The highest BCUT2D eigenvalue weighted by Crippen LogP contribution is 2.41. The van der Waals surface area contributed by atoms with Crippen LogP contribution in [0.2, 0.25) is 0 Å². The first-order chi connectivity index (χ1) is 6.15. The zero-order chi connectivity index (χ0) is 9.47. The van der Waals surface area contributed by atoms with Gasteiger partial charge in [0, 0.05) is 5.56 Å². The molecule has 0 radical (unpaired) electrons. The molecule has 0 unspecified atom stereocenters. The molecule has 1 heterocycles. The quantitative estimate of drug-likeness (QED) is 0.516. The van der Waals surface area contributed by atoms with Gasteiger partial charge in [0.15, 0.2) is 0 Å². The first-order valence-corrected chi connectivity index (χ1v) is 3.55. The number of aliphatic carboxylic acids is 1. The fraction of sp³-hybridized carbons (Fsp3) is 0.125. The van der Waals surface area contributed by atoms with Crippen molar-refractivity contribution in [2.24, 2.45) is 0 Å². The Kier molecular flexibility index (Phi) is 1.51. The Morgan fingerprint density at radius 2 is 1.77 bits per heavy atom. The van der Waals surface area contributed by atoms with Crippen LogP contribution in [0.1, 0.15) is 5.56 Å². The molecule has 0 bridgehead atoms. The average molecular weight is 182 g/mol. The number of rotatable bonds is 2. The summed E-state index contributed by atoms with van der Waals surface area (Å²) >= 11 is 0. The molecule has 2 rings (SSSR count). The second kappa shape index (κ2) is 2.45. The molecule has 0 aliphatic carbocycles. The van der Waals surface area contributed by atoms with Crippen molar-refractivity contribution < 1.29 is 24.8 Å². The molecule has 5 heteroatoms. The molecule has 1 aromatic rings. The van der Waals surface area contributed by atoms with Gasteiger partial charge in [0.2, 0.25) is 0 Å². The largest absolute Gasteiger partial charge is 0.508 e. The van der Waals surface area contributed by atoms with Gasteiger partial charge >= 0.3 is 11.8 Å². The molecule has 5 nitrogen and oxygen atoms in total. The molecule has 1 aromatic carbocycles. The molecule has 13 heavy (non-hydrogen) atoms. The smallest absolute Gasteiger partial charge is 0.375 e. The molecular formula is C8H6O5. The summed E-state index contributed by atoms with van der Waals surface area (Å²) in [5.74, 6) is -2.81. The Hall–Kier alpha value is -1.59. The van der Waals surface area contributed by atoms with E-state index in [0.717, 1.165) is 0 Å². The summed E-state index contributed by atoms with van der Waals surface area (Å²) in [5.41, 5.74) is 0.345. The van der Waals surface area contributed by atoms with Gasteiger partial charge in [-0.1, -0.05) is 0 Å². The summed E-state index contributed by atoms with van der Waals surface area (Å²) in [7, 11) is 0. The van der Waals surface area contributed by atoms with E-state index in [1.807, 2.05) is 0 Å². The van der Waals surface area contributed by atoms with E-state index in [2.05, 4.69) is 9.78 Å². The van der Waals surface area contributed by atoms with Crippen LogP contribution in [0.25, 0.3) is 0 Å². The minimum Gasteiger partial charge on any atom is -0.508 e. The van der Waals surface area contributed by atoms with Crippen LogP contribution in [0.4, 0.5) is 0 Å². The number of carboxylic acids is 1. The number of carbonyl (C=O) groups is 1. The zero-order valence-corrected chi connectivity index (χ0v) is 6.43. The molecular weight excluding hydrogens is 176 g/mol. The number of aromatic hydroxyl groups is 1. The summed E-state index contributed by atoms with van der Waals surface area (Å²) in [6.45, 7) is 0. The fourth-order valence-electron chi connectivity index (χ4n) is 1.01. The van der Waals surface area contributed by atoms with Crippen molar-refractivity contribution in [1.82, 2.24) is 0 Å². The predicted molar refractivity (Wildman–Crippen MR) is 39.6 cm³/mol. The van der Waals surface area contributed by atoms with Crippen molar-refractivity contribution >= 4 is 5.97 Å². The van der Waals surface area contributed by atoms with Crippen LogP contribution in [0.5, 0.6) is 5.75 Å². The number of benzene rings is 1. The molecule has 0 aromatic heterocycles. The van der Waals surface area contributed by atoms with Crippen LogP contribution in [0.3, 0.4) is 0 Å². The number of hydrogen-bond acceptors (Lipinski definition) is 4. The molecule has 1 aliphatic heterocycles. The number of phenols is 1. The molecule has 68 valence electrons. The van der Waals surface area contributed by atoms with E-state index in [4.69, 9.17) is 10.2 Å². The molecule has 1 aliphatic rings. The van der Waals surface area contributed by atoms with E-state index in [9.17, 15) is 4.79 Å². The van der Waals surface area contributed by atoms with Gasteiger partial charge < -0.3 is 10.2 Å². The van der Waals surface area contributed by atoms with Crippen molar-refractivity contribution in [3.05, 3.63) is 29.8 Å². The summed E-state index contributed by atoms with van der Waals surface area (Å²) in [4.78, 5) is 19.5. The fourth-order valence-corrected chi connectivity index (χ4v) is 1.01. The van der Waals surface area contributed by atoms with Crippen LogP contribution in [-0.2, 0) is 20.4 Å². The Morgan fingerprint density at radius 3 is 2.15 bits per heavy atom. The average Bonchev–Trinajstić information content (AvgIpc) is 2.86. The van der Waals surface area contributed by atoms with E-state index in [1.165, 1.54) is 24.3 Å². The van der Waals surface area contributed by atoms with Crippen LogP contribution in [0, 0.1) is 0 Å². The summed E-state index contributed by atoms with van der Waals surface area (Å²) in [6, 6.07) is 5.59. The minimum absolute atomic E-state index is 0.0601. The third kappa shape index (κ3) is 1.14. The lowest BCUT2D eigenvalue weighted by Gasteiger charge is -2.01. The van der Waals surface area contributed by atoms with Crippen molar-refractivity contribution in [1.29, 1.82) is 0 Å². The Labute approximate surface area is 73.1 Å². The molecule has 0 saturated carbocycles. The van der Waals surface area contributed by atoms with E-state index < -0.39 is 11.8 Å². The molecule has 0 atom stereocenters. The van der Waals surface area contributed by atoms with Gasteiger partial charge in [-0.3, -0.25) is 0 Å². The summed E-state index contributed by atoms with van der Waals surface area (Å²) in [5, 5.41) is 17.7. The van der Waals surface area contributed by atoms with Crippen molar-refractivity contribution in [3.63, 3.8) is 0 Å². The third-order valence-corrected chi connectivity index (χ3v) is 1.78. The standard InChI is InChI=1S/C8H6O5/c9-6-3-1-5(2-4-6)8(7(10)11)12-13-8/h1-4,9H,(H,10,11). The van der Waals surface area contributed by atoms with Crippen molar-refractivity contribution in [2.75, 3.05) is 0 Å². The monoisotopic (exact) mass is 182 g/mol. The van der Waals surface area contributed by atoms with Crippen LogP contribution >= 0.6 is 0 Å². The first-order valence-electron chi connectivity index (χ1n) is 3.55. The van der Waals surface area contributed by atoms with Crippen molar-refractivity contribution in [2.45, 2.75) is 5.79 Å². The minimum atomic E-state index is -1.66. The van der Waals surface area contributed by atoms with Gasteiger partial charge in [0.25, 0.3) is 0 Å². The van der Waals surface area contributed by atoms with Crippen LogP contribution < -0.4 is 0 Å². The van der Waals surface area contributed by atoms with Gasteiger partial charge in [0.05, 0.1) is 0 Å². The summed E-state index contributed by atoms with van der Waals surface area (Å²) < 4.78 is 0. The van der Waals surface area contributed by atoms with Crippen molar-refractivity contribution in [3.8, 4) is 5.75 Å². The van der Waals surface area contributed by atoms with E-state index in [0.29, 0.717) is 5.56 Å². The van der Waals surface area contributed by atoms with Gasteiger partial charge in [0.1, 0.15) is 5.75 Å². The Morgan fingerprint density at radius 1 is 1.23 bits per heavy atom. The normalized spacial score (nSPS) is 18.2. The molecule has 0 spiro atoms. The van der Waals surface area contributed by atoms with Crippen LogP contribution in [-0.4, -0.2) is 16.2 Å². The van der Waals surface area contributed by atoms with Crippen LogP contribution in [0.15, 0.2) is 24.3 Å². The summed E-state index contributed by atoms with van der Waals surface area (Å²) in [6.07, 6.45) is 0. The molecule has 1 saturated heterocycles. The van der Waals surface area contributed by atoms with Gasteiger partial charge in [-0.05, 0) is 24.3 Å². The maximum absolute atomic E-state index is 10.7. The molecule has 2 N–H and O–H groups in total. The Balaban J connectivity index is 2.36. The van der Waals surface area contributed by atoms with E-state index in [1.54, 1.807) is 0 Å². The molecule has 1 fully saturated rings. The zero-order valence-electron chi connectivity index (χ0n) is 6.43. The third-order valence-electron chi connectivity index (χ3n) is 1.78. The lowest BCUT2D eigenvalue weighted by atomic mass is 10.1. The molecule has 0 amide bonds. The second-order valence-electron chi connectivity index (χ2n) is 2.64. The second-order valence-corrected chi connectivity index (χ2v) is 2.64. The van der Waals surface area contributed by atoms with E-state index in [-0.39, 0.29) is 5.75 Å². The first kappa shape index (κ1) is 8.03. The highest BCUT2D eigenvalue weighted by atomic mass is 17.4. The Bertz CT molecular complexity index is 338. The van der Waals surface area contributed by atoms with E-state index >= 15 is 0 Å². The van der Waals surface area contributed by atoms with Gasteiger partial charge in [-0.25, -0.2) is 4.79 Å².